The van der Waals surface area contributed by atoms with E-state index in [2.05, 4.69) is 10.2 Å². The molecule has 0 saturated heterocycles. The normalized spacial score (nSPS) is 12.1. The SMILES string of the molecule is Cc1cs/c(=N\N=C/c2ccc(O)cc2O)n1-c1ccccc1. The van der Waals surface area contributed by atoms with Crippen molar-refractivity contribution in [2.75, 3.05) is 0 Å². The predicted octanol–water partition coefficient (Wildman–Crippen LogP) is 3.19. The Morgan fingerprint density at radius 2 is 1.87 bits per heavy atom. The molecular weight excluding hydrogens is 310 g/mol. The summed E-state index contributed by atoms with van der Waals surface area (Å²) in [5.41, 5.74) is 2.58. The quantitative estimate of drug-likeness (QED) is 0.573. The summed E-state index contributed by atoms with van der Waals surface area (Å²) >= 11 is 1.49. The Kier molecular flexibility index (Phi) is 4.25. The van der Waals surface area contributed by atoms with Gasteiger partial charge in [-0.25, -0.2) is 0 Å². The molecule has 0 bridgehead atoms. The Morgan fingerprint density at radius 1 is 1.09 bits per heavy atom. The highest BCUT2D eigenvalue weighted by atomic mass is 32.1. The van der Waals surface area contributed by atoms with Crippen molar-refractivity contribution >= 4 is 17.6 Å². The van der Waals surface area contributed by atoms with Crippen molar-refractivity contribution in [3.8, 4) is 17.2 Å². The fourth-order valence-electron chi connectivity index (χ4n) is 2.14. The molecule has 2 N–H and O–H groups in total. The molecule has 23 heavy (non-hydrogen) atoms. The lowest BCUT2D eigenvalue weighted by Gasteiger charge is -2.04. The van der Waals surface area contributed by atoms with Gasteiger partial charge in [0.05, 0.1) is 6.21 Å². The van der Waals surface area contributed by atoms with E-state index in [1.165, 1.54) is 29.7 Å². The molecule has 5 nitrogen and oxygen atoms in total. The van der Waals surface area contributed by atoms with Crippen LogP contribution >= 0.6 is 11.3 Å². The zero-order chi connectivity index (χ0) is 16.2. The van der Waals surface area contributed by atoms with Crippen LogP contribution in [0.5, 0.6) is 11.5 Å². The molecule has 116 valence electrons. The molecule has 0 saturated carbocycles. The van der Waals surface area contributed by atoms with Crippen molar-refractivity contribution in [3.05, 3.63) is 70.0 Å². The number of aryl methyl sites for hydroxylation is 1. The first kappa shape index (κ1) is 15.1. The molecule has 2 aromatic carbocycles. The van der Waals surface area contributed by atoms with Crippen LogP contribution in [0, 0.1) is 6.92 Å². The lowest BCUT2D eigenvalue weighted by Crippen LogP contribution is -2.13. The number of benzene rings is 2. The van der Waals surface area contributed by atoms with Crippen LogP contribution in [0.25, 0.3) is 5.69 Å². The maximum atomic E-state index is 9.73. The molecule has 0 aliphatic carbocycles. The van der Waals surface area contributed by atoms with Gasteiger partial charge in [-0.2, -0.15) is 5.10 Å². The van der Waals surface area contributed by atoms with Crippen LogP contribution in [-0.2, 0) is 0 Å². The van der Waals surface area contributed by atoms with E-state index in [9.17, 15) is 10.2 Å². The third-order valence-corrected chi connectivity index (χ3v) is 4.18. The number of phenols is 2. The second-order valence-electron chi connectivity index (χ2n) is 4.92. The third kappa shape index (κ3) is 3.32. The first-order chi connectivity index (χ1) is 11.1. The Labute approximate surface area is 137 Å². The van der Waals surface area contributed by atoms with E-state index < -0.39 is 0 Å². The number of hydrogen-bond acceptors (Lipinski definition) is 5. The molecule has 0 amide bonds. The van der Waals surface area contributed by atoms with E-state index in [1.807, 2.05) is 47.2 Å². The average molecular weight is 325 g/mol. The number of hydrogen-bond donors (Lipinski definition) is 2. The molecule has 0 fully saturated rings. The number of nitrogens with zero attached hydrogens (tertiary/aromatic N) is 3. The van der Waals surface area contributed by atoms with Crippen molar-refractivity contribution in [1.29, 1.82) is 0 Å². The van der Waals surface area contributed by atoms with Gasteiger partial charge in [0, 0.05) is 28.4 Å². The number of aromatic hydroxyl groups is 2. The van der Waals surface area contributed by atoms with E-state index in [0.717, 1.165) is 16.2 Å². The van der Waals surface area contributed by atoms with Crippen LogP contribution in [0.2, 0.25) is 0 Å². The summed E-state index contributed by atoms with van der Waals surface area (Å²) in [6, 6.07) is 14.3. The summed E-state index contributed by atoms with van der Waals surface area (Å²) < 4.78 is 2.01. The lowest BCUT2D eigenvalue weighted by atomic mass is 10.2. The van der Waals surface area contributed by atoms with Gasteiger partial charge in [-0.1, -0.05) is 18.2 Å². The van der Waals surface area contributed by atoms with Gasteiger partial charge in [0.25, 0.3) is 0 Å². The molecule has 6 heteroatoms. The van der Waals surface area contributed by atoms with Crippen LogP contribution in [0.3, 0.4) is 0 Å². The van der Waals surface area contributed by atoms with Gasteiger partial charge in [-0.15, -0.1) is 16.4 Å². The van der Waals surface area contributed by atoms with Crippen molar-refractivity contribution in [2.24, 2.45) is 10.2 Å². The summed E-state index contributed by atoms with van der Waals surface area (Å²) in [7, 11) is 0. The maximum absolute atomic E-state index is 9.73. The highest BCUT2D eigenvalue weighted by Crippen LogP contribution is 2.20. The number of para-hydroxylation sites is 1. The highest BCUT2D eigenvalue weighted by molar-refractivity contribution is 7.07. The standard InChI is InChI=1S/C17H15N3O2S/c1-12-11-23-17(20(12)14-5-3-2-4-6-14)19-18-10-13-7-8-15(21)9-16(13)22/h2-11,21-22H,1H3/b18-10-,19-17-. The van der Waals surface area contributed by atoms with Gasteiger partial charge in [-0.05, 0) is 31.2 Å². The topological polar surface area (TPSA) is 70.1 Å². The number of phenolic OH excluding ortho intramolecular Hbond substituents is 2. The molecule has 0 aliphatic heterocycles. The minimum absolute atomic E-state index is 0.00684. The first-order valence-corrected chi connectivity index (χ1v) is 7.85. The zero-order valence-corrected chi connectivity index (χ0v) is 13.2. The number of aromatic nitrogens is 1. The summed E-state index contributed by atoms with van der Waals surface area (Å²) in [4.78, 5) is 0.739. The van der Waals surface area contributed by atoms with Gasteiger partial charge in [0.15, 0.2) is 0 Å². The molecule has 3 aromatic rings. The van der Waals surface area contributed by atoms with Crippen LogP contribution in [0.15, 0.2) is 64.1 Å². The van der Waals surface area contributed by atoms with E-state index in [1.54, 1.807) is 6.07 Å². The third-order valence-electron chi connectivity index (χ3n) is 3.25. The van der Waals surface area contributed by atoms with Crippen molar-refractivity contribution in [2.45, 2.75) is 6.92 Å². The monoisotopic (exact) mass is 325 g/mol. The number of thiazole rings is 1. The number of rotatable bonds is 3. The molecule has 3 rings (SSSR count). The molecule has 0 atom stereocenters. The van der Waals surface area contributed by atoms with Gasteiger partial charge < -0.3 is 10.2 Å². The maximum Gasteiger partial charge on any atom is 0.215 e. The van der Waals surface area contributed by atoms with E-state index in [0.29, 0.717) is 5.56 Å². The minimum atomic E-state index is -0.0396. The van der Waals surface area contributed by atoms with E-state index in [4.69, 9.17) is 0 Å². The summed E-state index contributed by atoms with van der Waals surface area (Å²) in [6.45, 7) is 2.01. The highest BCUT2D eigenvalue weighted by Gasteiger charge is 2.03. The van der Waals surface area contributed by atoms with Gasteiger partial charge in [0.2, 0.25) is 4.80 Å². The average Bonchev–Trinajstić information content (AvgIpc) is 2.91. The molecule has 0 radical (unpaired) electrons. The van der Waals surface area contributed by atoms with Crippen molar-refractivity contribution in [3.63, 3.8) is 0 Å². The Morgan fingerprint density at radius 3 is 2.61 bits per heavy atom. The molecule has 0 unspecified atom stereocenters. The van der Waals surface area contributed by atoms with E-state index in [-0.39, 0.29) is 11.5 Å². The predicted molar refractivity (Wildman–Crippen MR) is 91.3 cm³/mol. The zero-order valence-electron chi connectivity index (χ0n) is 12.4. The van der Waals surface area contributed by atoms with E-state index >= 15 is 0 Å². The van der Waals surface area contributed by atoms with Gasteiger partial charge in [0.1, 0.15) is 11.5 Å². The molecule has 0 spiro atoms. The van der Waals surface area contributed by atoms with Crippen LogP contribution in [-0.4, -0.2) is 21.0 Å². The first-order valence-electron chi connectivity index (χ1n) is 6.97. The Bertz CT molecular complexity index is 911. The van der Waals surface area contributed by atoms with Crippen LogP contribution < -0.4 is 4.80 Å². The Balaban J connectivity index is 1.97. The largest absolute Gasteiger partial charge is 0.508 e. The molecule has 1 heterocycles. The lowest BCUT2D eigenvalue weighted by molar-refractivity contribution is 0.450. The summed E-state index contributed by atoms with van der Waals surface area (Å²) in [6.07, 6.45) is 1.46. The fraction of sp³-hybridized carbons (Fsp3) is 0.0588. The Hall–Kier alpha value is -2.86. The van der Waals surface area contributed by atoms with Gasteiger partial charge >= 0.3 is 0 Å². The smallest absolute Gasteiger partial charge is 0.215 e. The van der Waals surface area contributed by atoms with Crippen molar-refractivity contribution < 1.29 is 10.2 Å². The second kappa shape index (κ2) is 6.50. The van der Waals surface area contributed by atoms with Crippen LogP contribution in [0.1, 0.15) is 11.3 Å². The van der Waals surface area contributed by atoms with Crippen molar-refractivity contribution in [1.82, 2.24) is 4.57 Å². The van der Waals surface area contributed by atoms with Crippen LogP contribution in [0.4, 0.5) is 0 Å². The molecular formula is C17H15N3O2S. The molecule has 1 aromatic heterocycles. The minimum Gasteiger partial charge on any atom is -0.508 e. The summed E-state index contributed by atoms with van der Waals surface area (Å²) in [5, 5.41) is 29.3. The molecule has 0 aliphatic rings. The summed E-state index contributed by atoms with van der Waals surface area (Å²) in [5.74, 6) is -0.0327. The van der Waals surface area contributed by atoms with Gasteiger partial charge in [-0.3, -0.25) is 4.57 Å². The fourth-order valence-corrected chi connectivity index (χ4v) is 2.97. The second-order valence-corrected chi connectivity index (χ2v) is 5.75.